The van der Waals surface area contributed by atoms with Crippen molar-refractivity contribution >= 4 is 40.0 Å². The van der Waals surface area contributed by atoms with Crippen molar-refractivity contribution in [3.63, 3.8) is 0 Å². The summed E-state index contributed by atoms with van der Waals surface area (Å²) in [4.78, 5) is 16.0. The second-order valence-electron chi connectivity index (χ2n) is 9.46. The molecule has 0 spiro atoms. The third-order valence-corrected chi connectivity index (χ3v) is 7.87. The van der Waals surface area contributed by atoms with Gasteiger partial charge in [0.1, 0.15) is 5.75 Å². The minimum atomic E-state index is -0.206. The van der Waals surface area contributed by atoms with E-state index in [0.29, 0.717) is 21.7 Å². The normalized spacial score (nSPS) is 19.9. The summed E-state index contributed by atoms with van der Waals surface area (Å²) >= 11 is 12.8. The third-order valence-electron chi connectivity index (χ3n) is 7.24. The molecule has 0 amide bonds. The Labute approximate surface area is 205 Å². The zero-order chi connectivity index (χ0) is 22.9. The number of ether oxygens (including phenoxy) is 1. The van der Waals surface area contributed by atoms with Crippen LogP contribution in [0.15, 0.2) is 42.6 Å². The van der Waals surface area contributed by atoms with E-state index in [1.54, 1.807) is 22.8 Å². The molecule has 3 aromatic rings. The van der Waals surface area contributed by atoms with Gasteiger partial charge in [0, 0.05) is 17.6 Å². The Morgan fingerprint density at radius 3 is 2.48 bits per heavy atom. The summed E-state index contributed by atoms with van der Waals surface area (Å²) < 4.78 is 8.06. The van der Waals surface area contributed by atoms with Gasteiger partial charge in [-0.3, -0.25) is 9.36 Å². The van der Waals surface area contributed by atoms with Crippen molar-refractivity contribution in [2.45, 2.75) is 63.5 Å². The van der Waals surface area contributed by atoms with Gasteiger partial charge in [-0.15, -0.1) is 0 Å². The number of likely N-dealkylation sites (N-methyl/N-ethyl adjacent to an activating group) is 1. The average molecular weight is 485 g/mol. The standard InChI is InChI=1S/C27H30Cl2N2O2/c1-30-14-6-7-19(30)15-18-17-31(27(32)26-23(28)10-5-11-24(26)29)25-13-12-21(16-22(18)25)33-20-8-3-2-4-9-20/h5,10-13,16-17,19-20H,2-4,6-9,14-15H2,1H3. The number of carbonyl (C=O) groups is 1. The molecule has 1 saturated carbocycles. The molecular weight excluding hydrogens is 455 g/mol. The summed E-state index contributed by atoms with van der Waals surface area (Å²) in [5.41, 5.74) is 2.36. The van der Waals surface area contributed by atoms with Crippen LogP contribution in [0.5, 0.6) is 5.75 Å². The number of nitrogens with zero attached hydrogens (tertiary/aromatic N) is 2. The van der Waals surface area contributed by atoms with E-state index >= 15 is 0 Å². The van der Waals surface area contributed by atoms with Gasteiger partial charge in [-0.25, -0.2) is 0 Å². The zero-order valence-electron chi connectivity index (χ0n) is 19.0. The highest BCUT2D eigenvalue weighted by molar-refractivity contribution is 6.40. The molecule has 33 heavy (non-hydrogen) atoms. The van der Waals surface area contributed by atoms with Gasteiger partial charge in [-0.2, -0.15) is 0 Å². The van der Waals surface area contributed by atoms with Gasteiger partial charge in [-0.1, -0.05) is 35.7 Å². The molecule has 2 aromatic carbocycles. The zero-order valence-corrected chi connectivity index (χ0v) is 20.5. The van der Waals surface area contributed by atoms with Gasteiger partial charge >= 0.3 is 0 Å². The van der Waals surface area contributed by atoms with E-state index in [1.165, 1.54) is 32.1 Å². The van der Waals surface area contributed by atoms with Crippen molar-refractivity contribution in [1.82, 2.24) is 9.47 Å². The average Bonchev–Trinajstić information content (AvgIpc) is 3.38. The summed E-state index contributed by atoms with van der Waals surface area (Å²) in [6.07, 6.45) is 11.5. The molecule has 5 rings (SSSR count). The number of aromatic nitrogens is 1. The Kier molecular flexibility index (Phi) is 6.69. The van der Waals surface area contributed by atoms with Crippen LogP contribution in [0, 0.1) is 0 Å². The van der Waals surface area contributed by atoms with Gasteiger partial charge in [0.25, 0.3) is 5.91 Å². The van der Waals surface area contributed by atoms with E-state index < -0.39 is 0 Å². The van der Waals surface area contributed by atoms with Crippen molar-refractivity contribution < 1.29 is 9.53 Å². The fourth-order valence-electron chi connectivity index (χ4n) is 5.37. The fourth-order valence-corrected chi connectivity index (χ4v) is 5.93. The number of benzene rings is 2. The summed E-state index contributed by atoms with van der Waals surface area (Å²) in [6.45, 7) is 1.12. The lowest BCUT2D eigenvalue weighted by molar-refractivity contribution is 0.0965. The van der Waals surface area contributed by atoms with E-state index in [-0.39, 0.29) is 12.0 Å². The summed E-state index contributed by atoms with van der Waals surface area (Å²) in [7, 11) is 2.18. The lowest BCUT2D eigenvalue weighted by atomic mass is 9.98. The molecule has 1 aliphatic carbocycles. The van der Waals surface area contributed by atoms with Crippen LogP contribution in [-0.4, -0.2) is 41.1 Å². The molecule has 1 saturated heterocycles. The second-order valence-corrected chi connectivity index (χ2v) is 10.3. The van der Waals surface area contributed by atoms with Gasteiger partial charge in [0.15, 0.2) is 0 Å². The van der Waals surface area contributed by atoms with Crippen molar-refractivity contribution in [2.24, 2.45) is 0 Å². The molecule has 2 fully saturated rings. The molecule has 2 heterocycles. The van der Waals surface area contributed by atoms with E-state index in [4.69, 9.17) is 27.9 Å². The Balaban J connectivity index is 1.55. The number of rotatable bonds is 5. The van der Waals surface area contributed by atoms with Crippen molar-refractivity contribution in [2.75, 3.05) is 13.6 Å². The number of likely N-dealkylation sites (tertiary alicyclic amines) is 1. The van der Waals surface area contributed by atoms with Crippen LogP contribution in [0.2, 0.25) is 10.0 Å². The SMILES string of the molecule is CN1CCCC1Cc1cn(C(=O)c2c(Cl)cccc2Cl)c2ccc(OC3CCCCC3)cc12. The van der Waals surface area contributed by atoms with Gasteiger partial charge in [0.05, 0.1) is 27.2 Å². The van der Waals surface area contributed by atoms with Crippen LogP contribution < -0.4 is 4.74 Å². The van der Waals surface area contributed by atoms with Crippen LogP contribution in [0.1, 0.15) is 60.9 Å². The molecule has 0 radical (unpaired) electrons. The van der Waals surface area contributed by atoms with E-state index in [0.717, 1.165) is 48.0 Å². The smallest absolute Gasteiger partial charge is 0.265 e. The van der Waals surface area contributed by atoms with E-state index in [9.17, 15) is 4.79 Å². The summed E-state index contributed by atoms with van der Waals surface area (Å²) in [5.74, 6) is 0.680. The molecule has 1 unspecified atom stereocenters. The minimum absolute atomic E-state index is 0.206. The first kappa shape index (κ1) is 22.8. The summed E-state index contributed by atoms with van der Waals surface area (Å²) in [6, 6.07) is 11.7. The Bertz CT molecular complexity index is 1150. The van der Waals surface area contributed by atoms with Crippen LogP contribution in [0.25, 0.3) is 10.9 Å². The molecule has 174 valence electrons. The molecule has 6 heteroatoms. The number of hydrogen-bond acceptors (Lipinski definition) is 3. The largest absolute Gasteiger partial charge is 0.490 e. The van der Waals surface area contributed by atoms with Crippen molar-refractivity contribution in [3.05, 3.63) is 63.8 Å². The van der Waals surface area contributed by atoms with Crippen molar-refractivity contribution in [3.8, 4) is 5.75 Å². The monoisotopic (exact) mass is 484 g/mol. The lowest BCUT2D eigenvalue weighted by Crippen LogP contribution is -2.26. The number of hydrogen-bond donors (Lipinski definition) is 0. The third kappa shape index (κ3) is 4.66. The quantitative estimate of drug-likeness (QED) is 0.391. The highest BCUT2D eigenvalue weighted by atomic mass is 35.5. The molecule has 2 aliphatic rings. The fraction of sp³-hybridized carbons (Fsp3) is 0.444. The van der Waals surface area contributed by atoms with Gasteiger partial charge in [0.2, 0.25) is 0 Å². The van der Waals surface area contributed by atoms with Crippen molar-refractivity contribution in [1.29, 1.82) is 0 Å². The van der Waals surface area contributed by atoms with E-state index in [2.05, 4.69) is 18.0 Å². The highest BCUT2D eigenvalue weighted by Gasteiger charge is 2.25. The number of carbonyl (C=O) groups excluding carboxylic acids is 1. The Morgan fingerprint density at radius 1 is 1.03 bits per heavy atom. The maximum absolute atomic E-state index is 13.6. The Hall–Kier alpha value is -2.01. The maximum Gasteiger partial charge on any atom is 0.265 e. The first-order valence-corrected chi connectivity index (χ1v) is 12.8. The van der Waals surface area contributed by atoms with Crippen LogP contribution >= 0.6 is 23.2 Å². The first-order valence-electron chi connectivity index (χ1n) is 12.0. The lowest BCUT2D eigenvalue weighted by Gasteiger charge is -2.23. The molecule has 4 nitrogen and oxygen atoms in total. The molecule has 1 aromatic heterocycles. The predicted molar refractivity (Wildman–Crippen MR) is 135 cm³/mol. The molecule has 1 aliphatic heterocycles. The topological polar surface area (TPSA) is 34.5 Å². The van der Waals surface area contributed by atoms with Gasteiger partial charge in [-0.05, 0) is 94.4 Å². The maximum atomic E-state index is 13.6. The predicted octanol–water partition coefficient (Wildman–Crippen LogP) is 6.98. The number of halogens is 2. The second kappa shape index (κ2) is 9.69. The molecule has 1 atom stereocenters. The van der Waals surface area contributed by atoms with Gasteiger partial charge < -0.3 is 9.64 Å². The van der Waals surface area contributed by atoms with Crippen LogP contribution in [0.4, 0.5) is 0 Å². The van der Waals surface area contributed by atoms with Crippen LogP contribution in [-0.2, 0) is 6.42 Å². The molecule has 0 N–H and O–H groups in total. The first-order chi connectivity index (χ1) is 16.0. The minimum Gasteiger partial charge on any atom is -0.490 e. The highest BCUT2D eigenvalue weighted by Crippen LogP contribution is 2.33. The van der Waals surface area contributed by atoms with Crippen LogP contribution in [0.3, 0.4) is 0 Å². The Morgan fingerprint density at radius 2 is 1.79 bits per heavy atom. The summed E-state index contributed by atoms with van der Waals surface area (Å²) in [5, 5.41) is 1.80. The molecule has 0 bridgehead atoms. The van der Waals surface area contributed by atoms with E-state index in [1.807, 2.05) is 18.3 Å². The number of fused-ring (bicyclic) bond motifs is 1. The molecular formula is C27H30Cl2N2O2.